The first-order valence-corrected chi connectivity index (χ1v) is 15.8. The van der Waals surface area contributed by atoms with E-state index in [1.807, 2.05) is 42.5 Å². The summed E-state index contributed by atoms with van der Waals surface area (Å²) in [6.07, 6.45) is 0. The molecule has 0 amide bonds. The first-order chi connectivity index (χ1) is 24.6. The maximum atomic E-state index is 6.99. The van der Waals surface area contributed by atoms with E-state index in [0.29, 0.717) is 21.9 Å². The van der Waals surface area contributed by atoms with Crippen molar-refractivity contribution in [3.63, 3.8) is 0 Å². The highest BCUT2D eigenvalue weighted by Gasteiger charge is 2.29. The van der Waals surface area contributed by atoms with Crippen molar-refractivity contribution in [2.45, 2.75) is 0 Å². The van der Waals surface area contributed by atoms with Crippen LogP contribution in [0.15, 0.2) is 46.9 Å². The van der Waals surface area contributed by atoms with Crippen molar-refractivity contribution >= 4 is 254 Å². The molecule has 0 saturated heterocycles. The van der Waals surface area contributed by atoms with Crippen LogP contribution in [0.4, 0.5) is 0 Å². The van der Waals surface area contributed by atoms with Crippen LogP contribution in [0.1, 0.15) is 0 Å². The molecule has 0 aliphatic carbocycles. The van der Waals surface area contributed by atoms with Crippen molar-refractivity contribution in [3.05, 3.63) is 42.5 Å². The standard InChI is InChI=1S/C36H7B15O/c37-20-13-11(10-7-3-5-8-4-1-2-6-9(8)10)14-16(23(40)29(46)27(44)21(14)38)12(15(13)22(39)28(45)26(20)43)17-18-19-25(42)30(47)32(49)34(51)36(19)52-35(18)33(50)31(48)24(17)41/h1-7H. The van der Waals surface area contributed by atoms with E-state index in [1.54, 1.807) is 0 Å². The molecule has 0 N–H and O–H groups in total. The van der Waals surface area contributed by atoms with E-state index in [1.165, 1.54) is 0 Å². The molecule has 0 atom stereocenters. The smallest absolute Gasteiger partial charge is 0.128 e. The Bertz CT molecular complexity index is 2880. The molecule has 0 aliphatic rings. The molecule has 1 aromatic heterocycles. The normalized spacial score (nSPS) is 11.8. The van der Waals surface area contributed by atoms with Gasteiger partial charge in [-0.05, 0) is 54.6 Å². The summed E-state index contributed by atoms with van der Waals surface area (Å²) >= 11 is 0. The van der Waals surface area contributed by atoms with Crippen molar-refractivity contribution in [2.75, 3.05) is 0 Å². The summed E-state index contributed by atoms with van der Waals surface area (Å²) < 4.78 is 6.29. The average molecular weight is 618 g/mol. The number of hydrogen-bond donors (Lipinski definition) is 0. The van der Waals surface area contributed by atoms with Gasteiger partial charge in [-0.3, -0.25) is 0 Å². The molecule has 1 heterocycles. The number of benzene rings is 7. The van der Waals surface area contributed by atoms with Gasteiger partial charge in [0.2, 0.25) is 0 Å². The number of furan rings is 1. The molecule has 0 saturated carbocycles. The second-order valence-electron chi connectivity index (χ2n) is 12.9. The first kappa shape index (κ1) is 35.1. The summed E-state index contributed by atoms with van der Waals surface area (Å²) in [6, 6.07) is 13.5. The Hall–Kier alpha value is -3.91. The molecule has 202 valence electrons. The van der Waals surface area contributed by atoms with Crippen LogP contribution in [0.2, 0.25) is 0 Å². The maximum absolute atomic E-state index is 6.99. The minimum Gasteiger partial charge on any atom is -0.457 e. The summed E-state index contributed by atoms with van der Waals surface area (Å²) in [5, 5.41) is 3.58. The fourth-order valence-electron chi connectivity index (χ4n) is 7.56. The van der Waals surface area contributed by atoms with Crippen molar-refractivity contribution in [3.8, 4) is 22.3 Å². The Morgan fingerprint density at radius 3 is 1.19 bits per heavy atom. The predicted molar refractivity (Wildman–Crippen MR) is 238 cm³/mol. The number of fused-ring (bicyclic) bond motifs is 6. The summed E-state index contributed by atoms with van der Waals surface area (Å²) in [6.45, 7) is 0. The topological polar surface area (TPSA) is 13.1 Å². The van der Waals surface area contributed by atoms with Gasteiger partial charge in [-0.25, -0.2) is 0 Å². The Balaban J connectivity index is 1.80. The van der Waals surface area contributed by atoms with Crippen LogP contribution in [0, 0.1) is 0 Å². The zero-order valence-corrected chi connectivity index (χ0v) is 27.6. The van der Waals surface area contributed by atoms with Crippen LogP contribution in [0.3, 0.4) is 0 Å². The molecule has 0 aliphatic heterocycles. The van der Waals surface area contributed by atoms with Crippen molar-refractivity contribution < 1.29 is 4.42 Å². The first-order valence-electron chi connectivity index (χ1n) is 15.8. The van der Waals surface area contributed by atoms with E-state index in [2.05, 4.69) is 0 Å². The summed E-state index contributed by atoms with van der Waals surface area (Å²) in [7, 11) is 100. The monoisotopic (exact) mass is 620 g/mol. The van der Waals surface area contributed by atoms with E-state index in [4.69, 9.17) is 122 Å². The van der Waals surface area contributed by atoms with E-state index in [-0.39, 0.29) is 126 Å². The molecule has 52 heavy (non-hydrogen) atoms. The lowest BCUT2D eigenvalue weighted by Gasteiger charge is -2.30. The third kappa shape index (κ3) is 4.45. The molecule has 1 nitrogen and oxygen atoms in total. The lowest BCUT2D eigenvalue weighted by atomic mass is 9.58. The highest BCUT2D eigenvalue weighted by Crippen LogP contribution is 2.44. The van der Waals surface area contributed by atoms with Gasteiger partial charge in [0.05, 0.1) is 0 Å². The van der Waals surface area contributed by atoms with Crippen molar-refractivity contribution in [2.24, 2.45) is 0 Å². The van der Waals surface area contributed by atoms with Crippen LogP contribution in [0.5, 0.6) is 0 Å². The largest absolute Gasteiger partial charge is 0.457 e. The fraction of sp³-hybridized carbons (Fsp3) is 0. The van der Waals surface area contributed by atoms with E-state index in [0.717, 1.165) is 10.8 Å². The van der Waals surface area contributed by atoms with E-state index in [9.17, 15) is 0 Å². The minimum atomic E-state index is -0.0380. The molecule has 8 rings (SSSR count). The van der Waals surface area contributed by atoms with Crippen LogP contribution in [-0.2, 0) is 0 Å². The molecule has 7 aromatic carbocycles. The van der Waals surface area contributed by atoms with Gasteiger partial charge in [-0.1, -0.05) is 86.2 Å². The quantitative estimate of drug-likeness (QED) is 0.139. The molecular formula is C36H7B15O. The third-order valence-electron chi connectivity index (χ3n) is 10.3. The highest BCUT2D eigenvalue weighted by molar-refractivity contribution is 6.73. The fourth-order valence-corrected chi connectivity index (χ4v) is 7.56. The number of hydrogen-bond acceptors (Lipinski definition) is 1. The second kappa shape index (κ2) is 12.1. The van der Waals surface area contributed by atoms with Gasteiger partial charge in [0.25, 0.3) is 0 Å². The number of rotatable bonds is 2. The zero-order valence-electron chi connectivity index (χ0n) is 27.6. The Labute approximate surface area is 321 Å². The van der Waals surface area contributed by atoms with E-state index < -0.39 is 0 Å². The Kier molecular flexibility index (Phi) is 8.15. The molecule has 0 fully saturated rings. The minimum absolute atomic E-state index is 0.000454. The van der Waals surface area contributed by atoms with Crippen LogP contribution < -0.4 is 81.9 Å². The molecule has 16 heteroatoms. The maximum Gasteiger partial charge on any atom is 0.128 e. The van der Waals surface area contributed by atoms with Gasteiger partial charge in [0.15, 0.2) is 0 Å². The second-order valence-corrected chi connectivity index (χ2v) is 12.9. The SMILES string of the molecule is [B]c1c([B])c([B])c2c(oc3c([B])c([B])c([B])c(-c4c5c([B])c([B])c([B])c([B])c5c(-c5cccc6ccccc56)c5c([B])c([B])c([B])c([B])c45)c32)c1[B]. The van der Waals surface area contributed by atoms with Crippen molar-refractivity contribution in [1.29, 1.82) is 0 Å². The Morgan fingerprint density at radius 1 is 0.288 bits per heavy atom. The van der Waals surface area contributed by atoms with Gasteiger partial charge in [-0.15, -0.1) is 38.2 Å². The van der Waals surface area contributed by atoms with E-state index >= 15 is 0 Å². The molecule has 8 aromatic rings. The lowest BCUT2D eigenvalue weighted by molar-refractivity contribution is 0.675. The van der Waals surface area contributed by atoms with Crippen LogP contribution in [-0.4, -0.2) is 118 Å². The van der Waals surface area contributed by atoms with Crippen LogP contribution in [0.25, 0.3) is 76.5 Å². The Morgan fingerprint density at radius 2 is 0.673 bits per heavy atom. The summed E-state index contributed by atoms with van der Waals surface area (Å²) in [4.78, 5) is 0. The predicted octanol–water partition coefficient (Wildman–Crippen LogP) is -7.71. The van der Waals surface area contributed by atoms with Gasteiger partial charge in [0, 0.05) is 10.8 Å². The van der Waals surface area contributed by atoms with Gasteiger partial charge in [0.1, 0.15) is 129 Å². The van der Waals surface area contributed by atoms with Crippen molar-refractivity contribution in [1.82, 2.24) is 0 Å². The molecule has 0 spiro atoms. The summed E-state index contributed by atoms with van der Waals surface area (Å²) in [5.41, 5.74) is 2.22. The molecule has 0 unspecified atom stereocenters. The highest BCUT2D eigenvalue weighted by atomic mass is 16.3. The molecule has 0 bridgehead atoms. The van der Waals surface area contributed by atoms with Gasteiger partial charge >= 0.3 is 0 Å². The lowest BCUT2D eigenvalue weighted by Crippen LogP contribution is -2.50. The summed E-state index contributed by atoms with van der Waals surface area (Å²) in [5.74, 6) is 0. The average Bonchev–Trinajstić information content (AvgIpc) is 3.54. The third-order valence-corrected chi connectivity index (χ3v) is 10.3. The van der Waals surface area contributed by atoms with Crippen LogP contribution >= 0.6 is 0 Å². The molecular weight excluding hydrogens is 611 g/mol. The van der Waals surface area contributed by atoms with Gasteiger partial charge < -0.3 is 4.42 Å². The zero-order chi connectivity index (χ0) is 37.4. The molecule has 30 radical (unpaired) electrons. The van der Waals surface area contributed by atoms with Gasteiger partial charge in [-0.2, -0.15) is 0 Å².